The Morgan fingerprint density at radius 1 is 1.21 bits per heavy atom. The molecule has 0 radical (unpaired) electrons. The minimum Gasteiger partial charge on any atom is -0.491 e. The highest BCUT2D eigenvalue weighted by Crippen LogP contribution is 2.46. The van der Waals surface area contributed by atoms with E-state index in [1.165, 1.54) is 0 Å². The van der Waals surface area contributed by atoms with Crippen LogP contribution in [0.25, 0.3) is 5.57 Å². The Bertz CT molecular complexity index is 1280. The lowest BCUT2D eigenvalue weighted by Gasteiger charge is -2.51. The SMILES string of the molecule is CC(C)(O)c1ccc2c(c1)/C(=C/CCN1CCC(O)(c3ccc(Cl)cc3)C(C)(CO)C1)C1C=CC=NC1CO2. The van der Waals surface area contributed by atoms with Gasteiger partial charge in [-0.3, -0.25) is 4.99 Å². The van der Waals surface area contributed by atoms with Crippen LogP contribution in [0.5, 0.6) is 5.75 Å². The summed E-state index contributed by atoms with van der Waals surface area (Å²) in [4.78, 5) is 7.02. The first-order chi connectivity index (χ1) is 18.5. The molecule has 0 bridgehead atoms. The number of dihydropyridines is 1. The number of benzene rings is 2. The number of nitrogens with zero attached hydrogens (tertiary/aromatic N) is 2. The molecule has 39 heavy (non-hydrogen) atoms. The molecule has 5 rings (SSSR count). The molecular formula is C32H39ClN2O4. The van der Waals surface area contributed by atoms with Gasteiger partial charge in [0, 0.05) is 47.8 Å². The molecule has 208 valence electrons. The molecule has 3 aliphatic rings. The Morgan fingerprint density at radius 3 is 2.69 bits per heavy atom. The summed E-state index contributed by atoms with van der Waals surface area (Å²) in [7, 11) is 0. The van der Waals surface area contributed by atoms with Crippen LogP contribution in [0.15, 0.2) is 65.7 Å². The highest BCUT2D eigenvalue weighted by Gasteiger charge is 2.51. The minimum atomic E-state index is -1.13. The van der Waals surface area contributed by atoms with Crippen molar-refractivity contribution in [3.05, 3.63) is 82.4 Å². The molecule has 2 aromatic carbocycles. The van der Waals surface area contributed by atoms with Gasteiger partial charge in [-0.05, 0) is 73.7 Å². The number of aliphatic hydroxyl groups is 3. The van der Waals surface area contributed by atoms with Crippen molar-refractivity contribution in [1.29, 1.82) is 0 Å². The second-order valence-corrected chi connectivity index (χ2v) is 12.4. The highest BCUT2D eigenvalue weighted by atomic mass is 35.5. The van der Waals surface area contributed by atoms with Gasteiger partial charge in [0.2, 0.25) is 0 Å². The molecule has 3 N–H and O–H groups in total. The number of hydrogen-bond donors (Lipinski definition) is 3. The molecule has 7 heteroatoms. The van der Waals surface area contributed by atoms with Crippen molar-refractivity contribution in [2.45, 2.75) is 50.9 Å². The van der Waals surface area contributed by atoms with Crippen molar-refractivity contribution < 1.29 is 20.1 Å². The molecule has 1 fully saturated rings. The summed E-state index contributed by atoms with van der Waals surface area (Å²) < 4.78 is 6.18. The summed E-state index contributed by atoms with van der Waals surface area (Å²) >= 11 is 6.08. The number of ether oxygens (including phenoxy) is 1. The Balaban J connectivity index is 1.38. The highest BCUT2D eigenvalue weighted by molar-refractivity contribution is 6.30. The Labute approximate surface area is 236 Å². The van der Waals surface area contributed by atoms with Crippen LogP contribution in [0.1, 0.15) is 50.3 Å². The third-order valence-electron chi connectivity index (χ3n) is 8.70. The number of hydrogen-bond acceptors (Lipinski definition) is 6. The number of allylic oxidation sites excluding steroid dienone is 1. The topological polar surface area (TPSA) is 85.5 Å². The number of aliphatic imine (C=N–C) groups is 1. The van der Waals surface area contributed by atoms with Gasteiger partial charge in [0.15, 0.2) is 0 Å². The number of likely N-dealkylation sites (tertiary alicyclic amines) is 1. The van der Waals surface area contributed by atoms with Gasteiger partial charge in [0.05, 0.1) is 23.9 Å². The van der Waals surface area contributed by atoms with Crippen molar-refractivity contribution in [3.63, 3.8) is 0 Å². The molecule has 0 aliphatic carbocycles. The molecular weight excluding hydrogens is 512 g/mol. The van der Waals surface area contributed by atoms with Gasteiger partial charge < -0.3 is 25.0 Å². The summed E-state index contributed by atoms with van der Waals surface area (Å²) in [5, 5.41) is 33.5. The normalized spacial score (nSPS) is 30.0. The van der Waals surface area contributed by atoms with E-state index in [9.17, 15) is 15.3 Å². The van der Waals surface area contributed by atoms with Gasteiger partial charge in [-0.1, -0.05) is 48.9 Å². The molecule has 3 aliphatic heterocycles. The number of rotatable bonds is 6. The van der Waals surface area contributed by atoms with Gasteiger partial charge in [0.25, 0.3) is 0 Å². The van der Waals surface area contributed by atoms with Crippen LogP contribution in [-0.2, 0) is 11.2 Å². The van der Waals surface area contributed by atoms with E-state index in [0.717, 1.165) is 47.5 Å². The Kier molecular flexibility index (Phi) is 7.79. The molecule has 3 heterocycles. The van der Waals surface area contributed by atoms with Gasteiger partial charge >= 0.3 is 0 Å². The van der Waals surface area contributed by atoms with Crippen LogP contribution in [0.2, 0.25) is 5.02 Å². The summed E-state index contributed by atoms with van der Waals surface area (Å²) in [6.45, 7) is 8.01. The van der Waals surface area contributed by atoms with Crippen molar-refractivity contribution in [1.82, 2.24) is 4.90 Å². The lowest BCUT2D eigenvalue weighted by Crippen LogP contribution is -2.58. The quantitative estimate of drug-likeness (QED) is 0.474. The van der Waals surface area contributed by atoms with Crippen LogP contribution in [0, 0.1) is 11.3 Å². The number of halogens is 1. The van der Waals surface area contributed by atoms with Crippen LogP contribution < -0.4 is 4.74 Å². The predicted molar refractivity (Wildman–Crippen MR) is 156 cm³/mol. The fourth-order valence-electron chi connectivity index (χ4n) is 6.19. The third-order valence-corrected chi connectivity index (χ3v) is 8.96. The van der Waals surface area contributed by atoms with E-state index in [1.807, 2.05) is 49.5 Å². The second kappa shape index (κ2) is 10.8. The molecule has 0 amide bonds. The van der Waals surface area contributed by atoms with Crippen molar-refractivity contribution in [2.24, 2.45) is 16.3 Å². The number of piperidine rings is 1. The van der Waals surface area contributed by atoms with E-state index in [1.54, 1.807) is 26.0 Å². The standard InChI is InChI=1S/C32H39ClN2O4/c1-30(2,37)23-10-13-29-27(18-23)25(26-6-4-15-34-28(26)19-39-29)7-5-16-35-17-14-32(38,31(3,20-35)21-36)22-8-11-24(33)12-9-22/h4,6-13,15,18,26,28,36-38H,5,14,16-17,19-21H2,1-3H3/b25-7+. The Morgan fingerprint density at radius 2 is 1.97 bits per heavy atom. The summed E-state index contributed by atoms with van der Waals surface area (Å²) in [5.41, 5.74) is 0.974. The number of fused-ring (bicyclic) bond motifs is 2. The molecule has 4 atom stereocenters. The van der Waals surface area contributed by atoms with E-state index in [4.69, 9.17) is 21.3 Å². The molecule has 6 nitrogen and oxygen atoms in total. The fraction of sp³-hybridized carbons (Fsp3) is 0.469. The molecule has 1 saturated heterocycles. The zero-order valence-electron chi connectivity index (χ0n) is 23.0. The molecule has 2 aromatic rings. The van der Waals surface area contributed by atoms with E-state index < -0.39 is 16.6 Å². The fourth-order valence-corrected chi connectivity index (χ4v) is 6.31. The number of aliphatic hydroxyl groups excluding tert-OH is 1. The van der Waals surface area contributed by atoms with Gasteiger partial charge in [0.1, 0.15) is 12.4 Å². The maximum atomic E-state index is 11.8. The van der Waals surface area contributed by atoms with E-state index in [2.05, 4.69) is 17.1 Å². The van der Waals surface area contributed by atoms with Gasteiger partial charge in [-0.25, -0.2) is 0 Å². The first kappa shape index (κ1) is 28.1. The maximum Gasteiger partial charge on any atom is 0.126 e. The van der Waals surface area contributed by atoms with Crippen LogP contribution >= 0.6 is 11.6 Å². The average Bonchev–Trinajstić information content (AvgIpc) is 3.07. The largest absolute Gasteiger partial charge is 0.491 e. The summed E-state index contributed by atoms with van der Waals surface area (Å²) in [6.07, 6.45) is 9.62. The predicted octanol–water partition coefficient (Wildman–Crippen LogP) is 4.95. The van der Waals surface area contributed by atoms with Gasteiger partial charge in [-0.2, -0.15) is 0 Å². The van der Waals surface area contributed by atoms with Crippen molar-refractivity contribution >= 4 is 23.4 Å². The van der Waals surface area contributed by atoms with Crippen LogP contribution in [0.4, 0.5) is 0 Å². The summed E-state index contributed by atoms with van der Waals surface area (Å²) in [5.74, 6) is 0.901. The first-order valence-electron chi connectivity index (χ1n) is 13.8. The van der Waals surface area contributed by atoms with Crippen molar-refractivity contribution in [3.8, 4) is 5.75 Å². The monoisotopic (exact) mass is 550 g/mol. The first-order valence-corrected chi connectivity index (χ1v) is 14.1. The molecule has 0 aromatic heterocycles. The van der Waals surface area contributed by atoms with E-state index in [-0.39, 0.29) is 18.6 Å². The van der Waals surface area contributed by atoms with E-state index >= 15 is 0 Å². The second-order valence-electron chi connectivity index (χ2n) is 11.9. The minimum absolute atomic E-state index is 0.00119. The van der Waals surface area contributed by atoms with Crippen molar-refractivity contribution in [2.75, 3.05) is 32.8 Å². The van der Waals surface area contributed by atoms with Crippen LogP contribution in [0.3, 0.4) is 0 Å². The third kappa shape index (κ3) is 5.46. The zero-order chi connectivity index (χ0) is 27.8. The average molecular weight is 551 g/mol. The molecule has 0 saturated carbocycles. The maximum absolute atomic E-state index is 11.8. The van der Waals surface area contributed by atoms with E-state index in [0.29, 0.717) is 24.6 Å². The smallest absolute Gasteiger partial charge is 0.126 e. The molecule has 4 unspecified atom stereocenters. The lowest BCUT2D eigenvalue weighted by atomic mass is 9.65. The zero-order valence-corrected chi connectivity index (χ0v) is 23.7. The Hall–Kier alpha value is -2.48. The summed E-state index contributed by atoms with van der Waals surface area (Å²) in [6, 6.07) is 13.2. The molecule has 0 spiro atoms. The van der Waals surface area contributed by atoms with Crippen LogP contribution in [-0.4, -0.2) is 65.3 Å². The van der Waals surface area contributed by atoms with Gasteiger partial charge in [-0.15, -0.1) is 0 Å². The lowest BCUT2D eigenvalue weighted by molar-refractivity contribution is -0.152.